The van der Waals surface area contributed by atoms with Gasteiger partial charge in [0, 0.05) is 32.2 Å². The van der Waals surface area contributed by atoms with Crippen LogP contribution in [0.5, 0.6) is 0 Å². The highest BCUT2D eigenvalue weighted by atomic mass is 32.2. The summed E-state index contributed by atoms with van der Waals surface area (Å²) in [4.78, 5) is 2.51. The maximum atomic E-state index is 11.8. The van der Waals surface area contributed by atoms with E-state index in [9.17, 15) is 8.42 Å². The molecule has 2 atom stereocenters. The van der Waals surface area contributed by atoms with Gasteiger partial charge in [0.2, 0.25) is 10.0 Å². The molecule has 0 aromatic heterocycles. The van der Waals surface area contributed by atoms with E-state index in [1.807, 2.05) is 0 Å². The Morgan fingerprint density at radius 2 is 1.78 bits per heavy atom. The van der Waals surface area contributed by atoms with Crippen molar-refractivity contribution in [2.24, 2.45) is 5.92 Å². The second-order valence-corrected chi connectivity index (χ2v) is 8.02. The third-order valence-corrected chi connectivity index (χ3v) is 6.34. The zero-order chi connectivity index (χ0) is 13.2. The van der Waals surface area contributed by atoms with Crippen molar-refractivity contribution in [2.75, 3.05) is 31.9 Å². The van der Waals surface area contributed by atoms with Crippen LogP contribution in [0.2, 0.25) is 0 Å². The van der Waals surface area contributed by atoms with Crippen molar-refractivity contribution in [3.8, 4) is 0 Å². The lowest BCUT2D eigenvalue weighted by molar-refractivity contribution is 0.0967. The maximum absolute atomic E-state index is 11.8. The molecule has 0 spiro atoms. The Bertz CT molecular complexity index is 361. The molecule has 2 aliphatic rings. The molecule has 0 aromatic rings. The fraction of sp³-hybridized carbons (Fsp3) is 1.00. The summed E-state index contributed by atoms with van der Waals surface area (Å²) < 4.78 is 25.3. The molecule has 106 valence electrons. The fourth-order valence-electron chi connectivity index (χ4n) is 3.26. The van der Waals surface area contributed by atoms with Crippen molar-refractivity contribution in [3.63, 3.8) is 0 Å². The number of hydrogen-bond donors (Lipinski definition) is 0. The van der Waals surface area contributed by atoms with Crippen LogP contribution in [0.4, 0.5) is 0 Å². The predicted molar refractivity (Wildman–Crippen MR) is 74.0 cm³/mol. The second-order valence-electron chi connectivity index (χ2n) is 5.76. The van der Waals surface area contributed by atoms with Gasteiger partial charge in [0.1, 0.15) is 0 Å². The van der Waals surface area contributed by atoms with Crippen molar-refractivity contribution in [1.82, 2.24) is 9.21 Å². The first-order valence-electron chi connectivity index (χ1n) is 7.25. The van der Waals surface area contributed by atoms with Crippen LogP contribution < -0.4 is 0 Å². The van der Waals surface area contributed by atoms with Crippen LogP contribution in [-0.4, -0.2) is 55.6 Å². The van der Waals surface area contributed by atoms with Crippen molar-refractivity contribution >= 4 is 10.0 Å². The van der Waals surface area contributed by atoms with E-state index in [1.165, 1.54) is 25.7 Å². The first-order chi connectivity index (χ1) is 8.53. The highest BCUT2D eigenvalue weighted by molar-refractivity contribution is 7.89. The van der Waals surface area contributed by atoms with Crippen molar-refractivity contribution < 1.29 is 8.42 Å². The zero-order valence-corrected chi connectivity index (χ0v) is 12.5. The molecule has 4 nitrogen and oxygen atoms in total. The van der Waals surface area contributed by atoms with Crippen LogP contribution >= 0.6 is 0 Å². The summed E-state index contributed by atoms with van der Waals surface area (Å²) in [6, 6.07) is 0.695. The third kappa shape index (κ3) is 3.25. The van der Waals surface area contributed by atoms with Crippen LogP contribution in [0, 0.1) is 5.92 Å². The van der Waals surface area contributed by atoms with E-state index in [-0.39, 0.29) is 5.75 Å². The van der Waals surface area contributed by atoms with Gasteiger partial charge >= 0.3 is 0 Å². The number of piperazine rings is 1. The molecular formula is C13H26N2O2S. The average molecular weight is 274 g/mol. The number of rotatable bonds is 3. The van der Waals surface area contributed by atoms with Crippen molar-refractivity contribution in [1.29, 1.82) is 0 Å². The Labute approximate surface area is 111 Å². The Morgan fingerprint density at radius 1 is 1.11 bits per heavy atom. The minimum Gasteiger partial charge on any atom is -0.298 e. The third-order valence-electron chi connectivity index (χ3n) is 4.46. The molecule has 1 aliphatic carbocycles. The summed E-state index contributed by atoms with van der Waals surface area (Å²) in [5, 5.41) is 0. The van der Waals surface area contributed by atoms with E-state index in [0.717, 1.165) is 19.0 Å². The first-order valence-corrected chi connectivity index (χ1v) is 8.85. The largest absolute Gasteiger partial charge is 0.298 e. The molecular weight excluding hydrogens is 248 g/mol. The van der Waals surface area contributed by atoms with Gasteiger partial charge in [-0.15, -0.1) is 0 Å². The Morgan fingerprint density at radius 3 is 2.33 bits per heavy atom. The SMILES string of the molecule is CCS(=O)(=O)N1CCN([C@@H]2CCC[C@H](C)C2)CC1. The number of nitrogens with zero attached hydrogens (tertiary/aromatic N) is 2. The van der Waals surface area contributed by atoms with Gasteiger partial charge in [-0.2, -0.15) is 4.31 Å². The Balaban J connectivity index is 1.86. The summed E-state index contributed by atoms with van der Waals surface area (Å²) in [5.41, 5.74) is 0. The standard InChI is InChI=1S/C13H26N2O2S/c1-3-18(16,17)15-9-7-14(8-10-15)13-6-4-5-12(2)11-13/h12-13H,3-11H2,1-2H3/t12-,13+/m0/s1. The molecule has 1 aliphatic heterocycles. The van der Waals surface area contributed by atoms with Gasteiger partial charge in [0.05, 0.1) is 5.75 Å². The highest BCUT2D eigenvalue weighted by Gasteiger charge is 2.30. The lowest BCUT2D eigenvalue weighted by Gasteiger charge is -2.41. The van der Waals surface area contributed by atoms with E-state index < -0.39 is 10.0 Å². The van der Waals surface area contributed by atoms with Gasteiger partial charge in [-0.3, -0.25) is 4.90 Å². The predicted octanol–water partition coefficient (Wildman–Crippen LogP) is 1.53. The van der Waals surface area contributed by atoms with E-state index in [4.69, 9.17) is 0 Å². The van der Waals surface area contributed by atoms with Crippen LogP contribution in [0.1, 0.15) is 39.5 Å². The molecule has 2 rings (SSSR count). The molecule has 5 heteroatoms. The number of hydrogen-bond acceptors (Lipinski definition) is 3. The first kappa shape index (κ1) is 14.3. The molecule has 0 radical (unpaired) electrons. The van der Waals surface area contributed by atoms with Crippen LogP contribution in [0.15, 0.2) is 0 Å². The van der Waals surface area contributed by atoms with Gasteiger partial charge < -0.3 is 0 Å². The summed E-state index contributed by atoms with van der Waals surface area (Å²) in [6.45, 7) is 7.25. The molecule has 18 heavy (non-hydrogen) atoms. The van der Waals surface area contributed by atoms with Gasteiger partial charge in [0.15, 0.2) is 0 Å². The molecule has 0 unspecified atom stereocenters. The molecule has 1 saturated heterocycles. The van der Waals surface area contributed by atoms with Crippen molar-refractivity contribution in [2.45, 2.75) is 45.6 Å². The van der Waals surface area contributed by atoms with Gasteiger partial charge in [-0.05, 0) is 25.7 Å². The molecule has 0 aromatic carbocycles. The summed E-state index contributed by atoms with van der Waals surface area (Å²) in [6.07, 6.45) is 5.28. The fourth-order valence-corrected chi connectivity index (χ4v) is 4.35. The van der Waals surface area contributed by atoms with Gasteiger partial charge in [-0.25, -0.2) is 8.42 Å². The van der Waals surface area contributed by atoms with E-state index in [1.54, 1.807) is 11.2 Å². The quantitative estimate of drug-likeness (QED) is 0.784. The Kier molecular flexibility index (Phi) is 4.67. The van der Waals surface area contributed by atoms with Gasteiger partial charge in [0.25, 0.3) is 0 Å². The lowest BCUT2D eigenvalue weighted by Crippen LogP contribution is -2.52. The smallest absolute Gasteiger partial charge is 0.213 e. The zero-order valence-electron chi connectivity index (χ0n) is 11.6. The highest BCUT2D eigenvalue weighted by Crippen LogP contribution is 2.28. The average Bonchev–Trinajstić information content (AvgIpc) is 2.39. The number of sulfonamides is 1. The second kappa shape index (κ2) is 5.88. The van der Waals surface area contributed by atoms with E-state index in [0.29, 0.717) is 19.1 Å². The van der Waals surface area contributed by atoms with E-state index in [2.05, 4.69) is 11.8 Å². The summed E-state index contributed by atoms with van der Waals surface area (Å²) >= 11 is 0. The minimum absolute atomic E-state index is 0.230. The van der Waals surface area contributed by atoms with Crippen LogP contribution in [0.3, 0.4) is 0 Å². The molecule has 1 heterocycles. The Hall–Kier alpha value is -0.130. The van der Waals surface area contributed by atoms with Crippen LogP contribution in [-0.2, 0) is 10.0 Å². The van der Waals surface area contributed by atoms with E-state index >= 15 is 0 Å². The monoisotopic (exact) mass is 274 g/mol. The van der Waals surface area contributed by atoms with Gasteiger partial charge in [-0.1, -0.05) is 19.8 Å². The maximum Gasteiger partial charge on any atom is 0.213 e. The van der Waals surface area contributed by atoms with Crippen LogP contribution in [0.25, 0.3) is 0 Å². The lowest BCUT2D eigenvalue weighted by atomic mass is 9.86. The molecule has 1 saturated carbocycles. The summed E-state index contributed by atoms with van der Waals surface area (Å²) in [7, 11) is -2.98. The molecule has 0 N–H and O–H groups in total. The molecule has 0 bridgehead atoms. The molecule has 2 fully saturated rings. The minimum atomic E-state index is -2.98. The summed E-state index contributed by atoms with van der Waals surface area (Å²) in [5.74, 6) is 1.06. The van der Waals surface area contributed by atoms with Crippen molar-refractivity contribution in [3.05, 3.63) is 0 Å². The topological polar surface area (TPSA) is 40.6 Å². The normalized spacial score (nSPS) is 32.6. The molecule has 0 amide bonds.